The lowest BCUT2D eigenvalue weighted by molar-refractivity contribution is 0.414. The van der Waals surface area contributed by atoms with Crippen LogP contribution < -0.4 is 10.1 Å². The third-order valence-corrected chi connectivity index (χ3v) is 3.67. The summed E-state index contributed by atoms with van der Waals surface area (Å²) in [6, 6.07) is 16.5. The van der Waals surface area contributed by atoms with Crippen LogP contribution in [0.2, 0.25) is 5.02 Å². The molecule has 0 saturated carbocycles. The number of hydrogen-bond acceptors (Lipinski definition) is 2. The summed E-state index contributed by atoms with van der Waals surface area (Å²) in [7, 11) is 1.68. The van der Waals surface area contributed by atoms with E-state index >= 15 is 0 Å². The van der Waals surface area contributed by atoms with Crippen molar-refractivity contribution in [2.24, 2.45) is 0 Å². The van der Waals surface area contributed by atoms with Crippen molar-refractivity contribution in [3.63, 3.8) is 0 Å². The summed E-state index contributed by atoms with van der Waals surface area (Å²) >= 11 is 6.15. The van der Waals surface area contributed by atoms with E-state index in [4.69, 9.17) is 16.3 Å². The molecule has 2 nitrogen and oxygen atoms in total. The molecule has 1 unspecified atom stereocenters. The maximum Gasteiger partial charge on any atom is 0.118 e. The molecule has 0 heterocycles. The Balaban J connectivity index is 1.86. The van der Waals surface area contributed by atoms with E-state index in [1.165, 1.54) is 5.56 Å². The molecule has 106 valence electrons. The molecule has 1 atom stereocenters. The van der Waals surface area contributed by atoms with Gasteiger partial charge < -0.3 is 10.1 Å². The zero-order valence-corrected chi connectivity index (χ0v) is 12.7. The van der Waals surface area contributed by atoms with Gasteiger partial charge in [-0.3, -0.25) is 0 Å². The average molecular weight is 290 g/mol. The van der Waals surface area contributed by atoms with Crippen LogP contribution in [0.3, 0.4) is 0 Å². The minimum Gasteiger partial charge on any atom is -0.497 e. The molecule has 2 aromatic rings. The van der Waals surface area contributed by atoms with Crippen LogP contribution >= 0.6 is 11.6 Å². The molecule has 0 spiro atoms. The monoisotopic (exact) mass is 289 g/mol. The Bertz CT molecular complexity index is 539. The first kappa shape index (κ1) is 14.9. The fourth-order valence-electron chi connectivity index (χ4n) is 2.11. The molecule has 2 rings (SSSR count). The van der Waals surface area contributed by atoms with Crippen molar-refractivity contribution in [1.82, 2.24) is 5.32 Å². The summed E-state index contributed by atoms with van der Waals surface area (Å²) in [5.74, 6) is 0.894. The Morgan fingerprint density at radius 1 is 1.10 bits per heavy atom. The standard InChI is InChI=1S/C17H20ClNO/c1-13(11-14-7-9-16(20-2)10-8-14)19-12-15-5-3-4-6-17(15)18/h3-10,13,19H,11-12H2,1-2H3. The molecule has 0 aliphatic heterocycles. The van der Waals surface area contributed by atoms with E-state index in [2.05, 4.69) is 30.4 Å². The van der Waals surface area contributed by atoms with Crippen molar-refractivity contribution in [2.45, 2.75) is 25.9 Å². The maximum absolute atomic E-state index is 6.15. The Labute approximate surface area is 125 Å². The minimum atomic E-state index is 0.389. The molecule has 1 N–H and O–H groups in total. The summed E-state index contributed by atoms with van der Waals surface area (Å²) in [6.45, 7) is 2.97. The fraction of sp³-hybridized carbons (Fsp3) is 0.294. The van der Waals surface area contributed by atoms with E-state index in [9.17, 15) is 0 Å². The second-order valence-electron chi connectivity index (χ2n) is 4.93. The van der Waals surface area contributed by atoms with Crippen molar-refractivity contribution in [2.75, 3.05) is 7.11 Å². The van der Waals surface area contributed by atoms with E-state index in [-0.39, 0.29) is 0 Å². The Morgan fingerprint density at radius 2 is 1.80 bits per heavy atom. The van der Waals surface area contributed by atoms with Crippen LogP contribution in [0.15, 0.2) is 48.5 Å². The van der Waals surface area contributed by atoms with E-state index in [0.717, 1.165) is 29.3 Å². The highest BCUT2D eigenvalue weighted by molar-refractivity contribution is 6.31. The Hall–Kier alpha value is -1.51. The molecule has 0 bridgehead atoms. The average Bonchev–Trinajstić information content (AvgIpc) is 2.47. The third-order valence-electron chi connectivity index (χ3n) is 3.30. The van der Waals surface area contributed by atoms with Crippen LogP contribution in [0.5, 0.6) is 5.75 Å². The molecule has 0 fully saturated rings. The van der Waals surface area contributed by atoms with Gasteiger partial charge in [-0.15, -0.1) is 0 Å². The van der Waals surface area contributed by atoms with Crippen LogP contribution in [0, 0.1) is 0 Å². The molecule has 2 aromatic carbocycles. The van der Waals surface area contributed by atoms with E-state index in [0.29, 0.717) is 6.04 Å². The molecule has 0 aromatic heterocycles. The van der Waals surface area contributed by atoms with E-state index in [1.807, 2.05) is 30.3 Å². The number of methoxy groups -OCH3 is 1. The predicted octanol–water partition coefficient (Wildman–Crippen LogP) is 4.07. The lowest BCUT2D eigenvalue weighted by Crippen LogP contribution is -2.27. The van der Waals surface area contributed by atoms with Crippen molar-refractivity contribution in [1.29, 1.82) is 0 Å². The van der Waals surface area contributed by atoms with Gasteiger partial charge in [-0.05, 0) is 42.7 Å². The first-order chi connectivity index (χ1) is 9.69. The van der Waals surface area contributed by atoms with Gasteiger partial charge in [0, 0.05) is 17.6 Å². The van der Waals surface area contributed by atoms with Crippen LogP contribution in [0.4, 0.5) is 0 Å². The zero-order valence-electron chi connectivity index (χ0n) is 11.9. The SMILES string of the molecule is COc1ccc(CC(C)NCc2ccccc2Cl)cc1. The lowest BCUT2D eigenvalue weighted by atomic mass is 10.1. The highest BCUT2D eigenvalue weighted by atomic mass is 35.5. The van der Waals surface area contributed by atoms with Gasteiger partial charge in [0.2, 0.25) is 0 Å². The molecule has 20 heavy (non-hydrogen) atoms. The lowest BCUT2D eigenvalue weighted by Gasteiger charge is -2.15. The summed E-state index contributed by atoms with van der Waals surface area (Å²) < 4.78 is 5.16. The smallest absolute Gasteiger partial charge is 0.118 e. The molecule has 0 aliphatic carbocycles. The molecule has 3 heteroatoms. The van der Waals surface area contributed by atoms with Gasteiger partial charge >= 0.3 is 0 Å². The fourth-order valence-corrected chi connectivity index (χ4v) is 2.32. The summed E-state index contributed by atoms with van der Waals surface area (Å²) in [5.41, 5.74) is 2.43. The van der Waals surface area contributed by atoms with Gasteiger partial charge in [-0.1, -0.05) is 41.9 Å². The van der Waals surface area contributed by atoms with Gasteiger partial charge in [0.05, 0.1) is 7.11 Å². The molecule has 0 saturated heterocycles. The number of rotatable bonds is 6. The first-order valence-corrected chi connectivity index (χ1v) is 7.16. The number of ether oxygens (including phenoxy) is 1. The van der Waals surface area contributed by atoms with E-state index < -0.39 is 0 Å². The van der Waals surface area contributed by atoms with Crippen LogP contribution in [-0.2, 0) is 13.0 Å². The highest BCUT2D eigenvalue weighted by Gasteiger charge is 2.05. The van der Waals surface area contributed by atoms with Gasteiger partial charge in [-0.25, -0.2) is 0 Å². The highest BCUT2D eigenvalue weighted by Crippen LogP contribution is 2.15. The summed E-state index contributed by atoms with van der Waals surface area (Å²) in [4.78, 5) is 0. The van der Waals surface area contributed by atoms with Crippen LogP contribution in [-0.4, -0.2) is 13.2 Å². The van der Waals surface area contributed by atoms with E-state index in [1.54, 1.807) is 7.11 Å². The molecular weight excluding hydrogens is 270 g/mol. The van der Waals surface area contributed by atoms with Gasteiger partial charge in [-0.2, -0.15) is 0 Å². The van der Waals surface area contributed by atoms with Crippen molar-refractivity contribution >= 4 is 11.6 Å². The van der Waals surface area contributed by atoms with Crippen molar-refractivity contribution in [3.05, 3.63) is 64.7 Å². The second kappa shape index (κ2) is 7.32. The first-order valence-electron chi connectivity index (χ1n) is 6.79. The number of halogens is 1. The Kier molecular flexibility index (Phi) is 5.45. The number of hydrogen-bond donors (Lipinski definition) is 1. The molecule has 0 amide bonds. The third kappa shape index (κ3) is 4.26. The summed E-state index contributed by atoms with van der Waals surface area (Å²) in [5, 5.41) is 4.32. The molecule has 0 aliphatic rings. The molecule has 0 radical (unpaired) electrons. The minimum absolute atomic E-state index is 0.389. The number of benzene rings is 2. The van der Waals surface area contributed by atoms with Gasteiger partial charge in [0.15, 0.2) is 0 Å². The largest absolute Gasteiger partial charge is 0.497 e. The van der Waals surface area contributed by atoms with Crippen LogP contribution in [0.25, 0.3) is 0 Å². The normalized spacial score (nSPS) is 12.2. The second-order valence-corrected chi connectivity index (χ2v) is 5.33. The maximum atomic E-state index is 6.15. The van der Waals surface area contributed by atoms with Gasteiger partial charge in [0.1, 0.15) is 5.75 Å². The molecular formula is C17H20ClNO. The zero-order chi connectivity index (χ0) is 14.4. The van der Waals surface area contributed by atoms with Gasteiger partial charge in [0.25, 0.3) is 0 Å². The summed E-state index contributed by atoms with van der Waals surface area (Å²) in [6.07, 6.45) is 0.981. The van der Waals surface area contributed by atoms with Crippen molar-refractivity contribution < 1.29 is 4.74 Å². The van der Waals surface area contributed by atoms with Crippen LogP contribution in [0.1, 0.15) is 18.1 Å². The predicted molar refractivity (Wildman–Crippen MR) is 84.5 cm³/mol. The number of nitrogens with one attached hydrogen (secondary N) is 1. The quantitative estimate of drug-likeness (QED) is 0.865. The Morgan fingerprint density at radius 3 is 2.45 bits per heavy atom. The van der Waals surface area contributed by atoms with Crippen molar-refractivity contribution in [3.8, 4) is 5.75 Å². The topological polar surface area (TPSA) is 21.3 Å².